The summed E-state index contributed by atoms with van der Waals surface area (Å²) in [6.45, 7) is 4.06. The Labute approximate surface area is 116 Å². The van der Waals surface area contributed by atoms with Crippen molar-refractivity contribution in [2.75, 3.05) is 5.32 Å². The lowest BCUT2D eigenvalue weighted by molar-refractivity contribution is 0.465. The van der Waals surface area contributed by atoms with Crippen molar-refractivity contribution < 1.29 is 5.11 Å². The number of nitrogens with one attached hydrogen (secondary N) is 1. The zero-order chi connectivity index (χ0) is 13.1. The summed E-state index contributed by atoms with van der Waals surface area (Å²) in [6.07, 6.45) is 0. The number of phenolic OH excluding ortho intramolecular Hbond substituents is 1. The van der Waals surface area contributed by atoms with Crippen LogP contribution >= 0.6 is 15.9 Å². The monoisotopic (exact) mass is 305 g/mol. The molecule has 0 aromatic heterocycles. The lowest BCUT2D eigenvalue weighted by atomic mass is 10.0. The molecule has 2 aromatic rings. The van der Waals surface area contributed by atoms with Gasteiger partial charge in [0.2, 0.25) is 0 Å². The van der Waals surface area contributed by atoms with Crippen molar-refractivity contribution in [3.05, 3.63) is 58.1 Å². The van der Waals surface area contributed by atoms with Crippen LogP contribution < -0.4 is 5.32 Å². The average molecular weight is 306 g/mol. The van der Waals surface area contributed by atoms with E-state index in [0.29, 0.717) is 5.75 Å². The minimum atomic E-state index is 0.0548. The van der Waals surface area contributed by atoms with Gasteiger partial charge in [0.05, 0.1) is 6.04 Å². The minimum absolute atomic E-state index is 0.0548. The fourth-order valence-electron chi connectivity index (χ4n) is 1.93. The largest absolute Gasteiger partial charge is 0.508 e. The third kappa shape index (κ3) is 3.05. The van der Waals surface area contributed by atoms with E-state index >= 15 is 0 Å². The second kappa shape index (κ2) is 5.44. The van der Waals surface area contributed by atoms with Gasteiger partial charge < -0.3 is 10.4 Å². The first kappa shape index (κ1) is 13.0. The fourth-order valence-corrected chi connectivity index (χ4v) is 2.33. The molecule has 0 fully saturated rings. The van der Waals surface area contributed by atoms with Gasteiger partial charge in [0.25, 0.3) is 0 Å². The van der Waals surface area contributed by atoms with Crippen LogP contribution in [0.15, 0.2) is 46.9 Å². The third-order valence-corrected chi connectivity index (χ3v) is 3.35. The summed E-state index contributed by atoms with van der Waals surface area (Å²) in [4.78, 5) is 0. The highest BCUT2D eigenvalue weighted by molar-refractivity contribution is 9.10. The molecule has 18 heavy (non-hydrogen) atoms. The third-order valence-electron chi connectivity index (χ3n) is 2.86. The first-order chi connectivity index (χ1) is 8.56. The first-order valence-electron chi connectivity index (χ1n) is 5.88. The molecule has 1 unspecified atom stereocenters. The topological polar surface area (TPSA) is 32.3 Å². The zero-order valence-corrected chi connectivity index (χ0v) is 12.0. The normalized spacial score (nSPS) is 12.2. The van der Waals surface area contributed by atoms with Crippen LogP contribution in [0.4, 0.5) is 5.69 Å². The summed E-state index contributed by atoms with van der Waals surface area (Å²) in [7, 11) is 0. The molecule has 94 valence electrons. The summed E-state index contributed by atoms with van der Waals surface area (Å²) in [5.74, 6) is 0.329. The number of rotatable bonds is 3. The molecule has 2 nitrogen and oxygen atoms in total. The van der Waals surface area contributed by atoms with E-state index in [1.807, 2.05) is 50.2 Å². The van der Waals surface area contributed by atoms with Crippen LogP contribution in [-0.2, 0) is 0 Å². The Morgan fingerprint density at radius 2 is 1.94 bits per heavy atom. The van der Waals surface area contributed by atoms with Crippen molar-refractivity contribution in [3.63, 3.8) is 0 Å². The molecule has 0 aliphatic heterocycles. The van der Waals surface area contributed by atoms with E-state index < -0.39 is 0 Å². The van der Waals surface area contributed by atoms with Gasteiger partial charge >= 0.3 is 0 Å². The van der Waals surface area contributed by atoms with Crippen molar-refractivity contribution in [2.24, 2.45) is 0 Å². The van der Waals surface area contributed by atoms with Crippen LogP contribution in [0.1, 0.15) is 24.1 Å². The summed E-state index contributed by atoms with van der Waals surface area (Å²) in [5, 5.41) is 13.3. The molecule has 3 heteroatoms. The number of benzene rings is 2. The Morgan fingerprint density at radius 1 is 1.17 bits per heavy atom. The molecule has 1 atom stereocenters. The van der Waals surface area contributed by atoms with Gasteiger partial charge in [0, 0.05) is 15.7 Å². The molecule has 0 spiro atoms. The summed E-state index contributed by atoms with van der Waals surface area (Å²) in [6, 6.07) is 13.7. The van der Waals surface area contributed by atoms with Crippen molar-refractivity contribution in [1.82, 2.24) is 0 Å². The Morgan fingerprint density at radius 3 is 2.67 bits per heavy atom. The minimum Gasteiger partial charge on any atom is -0.508 e. The maximum absolute atomic E-state index is 9.89. The van der Waals surface area contributed by atoms with E-state index in [-0.39, 0.29) is 6.04 Å². The molecule has 0 bridgehead atoms. The number of anilines is 1. The van der Waals surface area contributed by atoms with Crippen molar-refractivity contribution in [2.45, 2.75) is 19.9 Å². The molecule has 0 aliphatic carbocycles. The fraction of sp³-hybridized carbons (Fsp3) is 0.200. The van der Waals surface area contributed by atoms with Gasteiger partial charge in [-0.05, 0) is 38.1 Å². The molecule has 2 rings (SSSR count). The summed E-state index contributed by atoms with van der Waals surface area (Å²) < 4.78 is 1.04. The van der Waals surface area contributed by atoms with Crippen LogP contribution in [0, 0.1) is 6.92 Å². The quantitative estimate of drug-likeness (QED) is 0.866. The van der Waals surface area contributed by atoms with Gasteiger partial charge in [-0.2, -0.15) is 0 Å². The van der Waals surface area contributed by atoms with Crippen LogP contribution in [0.5, 0.6) is 5.75 Å². The molecule has 2 aromatic carbocycles. The molecule has 0 heterocycles. The molecule has 0 saturated carbocycles. The highest BCUT2D eigenvalue weighted by Crippen LogP contribution is 2.28. The van der Waals surface area contributed by atoms with E-state index in [2.05, 4.69) is 21.2 Å². The number of aromatic hydroxyl groups is 1. The first-order valence-corrected chi connectivity index (χ1v) is 6.67. The molecular formula is C15H16BrNO. The smallest absolute Gasteiger partial charge is 0.120 e. The second-order valence-corrected chi connectivity index (χ2v) is 5.35. The molecule has 0 saturated heterocycles. The predicted octanol–water partition coefficient (Wildman–Crippen LogP) is 4.64. The maximum Gasteiger partial charge on any atom is 0.120 e. The highest BCUT2D eigenvalue weighted by Gasteiger charge is 2.10. The van der Waals surface area contributed by atoms with Crippen molar-refractivity contribution in [1.29, 1.82) is 0 Å². The Bertz CT molecular complexity index is 554. The lowest BCUT2D eigenvalue weighted by Crippen LogP contribution is -2.07. The van der Waals surface area contributed by atoms with Gasteiger partial charge in [-0.3, -0.25) is 0 Å². The van der Waals surface area contributed by atoms with Crippen LogP contribution in [0.3, 0.4) is 0 Å². The van der Waals surface area contributed by atoms with Crippen molar-refractivity contribution >= 4 is 21.6 Å². The number of halogens is 1. The van der Waals surface area contributed by atoms with Crippen LogP contribution in [0.25, 0.3) is 0 Å². The summed E-state index contributed by atoms with van der Waals surface area (Å²) in [5.41, 5.74) is 3.08. The van der Waals surface area contributed by atoms with Crippen LogP contribution in [0.2, 0.25) is 0 Å². The van der Waals surface area contributed by atoms with Gasteiger partial charge in [0.1, 0.15) is 5.75 Å². The standard InChI is InChI=1S/C15H16BrNO/c1-10-6-7-15(18)14(8-10)11(2)17-13-5-3-4-12(16)9-13/h3-9,11,17-18H,1-2H3. The van der Waals surface area contributed by atoms with Crippen LogP contribution in [-0.4, -0.2) is 5.11 Å². The number of phenols is 1. The Balaban J connectivity index is 2.21. The Hall–Kier alpha value is -1.48. The SMILES string of the molecule is Cc1ccc(O)c(C(C)Nc2cccc(Br)c2)c1. The van der Waals surface area contributed by atoms with E-state index in [1.54, 1.807) is 6.07 Å². The Kier molecular flexibility index (Phi) is 3.92. The van der Waals surface area contributed by atoms with Crippen molar-refractivity contribution in [3.8, 4) is 5.75 Å². The lowest BCUT2D eigenvalue weighted by Gasteiger charge is -2.17. The molecular weight excluding hydrogens is 290 g/mol. The average Bonchev–Trinajstić information content (AvgIpc) is 2.32. The predicted molar refractivity (Wildman–Crippen MR) is 79.0 cm³/mol. The zero-order valence-electron chi connectivity index (χ0n) is 10.4. The highest BCUT2D eigenvalue weighted by atomic mass is 79.9. The second-order valence-electron chi connectivity index (χ2n) is 4.44. The number of aryl methyl sites for hydroxylation is 1. The van der Waals surface area contributed by atoms with Gasteiger partial charge in [-0.25, -0.2) is 0 Å². The van der Waals surface area contributed by atoms with E-state index in [4.69, 9.17) is 0 Å². The molecule has 0 amide bonds. The number of hydrogen-bond donors (Lipinski definition) is 2. The van der Waals surface area contributed by atoms with E-state index in [0.717, 1.165) is 21.3 Å². The summed E-state index contributed by atoms with van der Waals surface area (Å²) >= 11 is 3.45. The molecule has 0 aliphatic rings. The van der Waals surface area contributed by atoms with Gasteiger partial charge in [-0.1, -0.05) is 39.7 Å². The van der Waals surface area contributed by atoms with Gasteiger partial charge in [0.15, 0.2) is 0 Å². The number of hydrogen-bond acceptors (Lipinski definition) is 2. The molecule has 2 N–H and O–H groups in total. The maximum atomic E-state index is 9.89. The molecule has 0 radical (unpaired) electrons. The van der Waals surface area contributed by atoms with E-state index in [1.165, 1.54) is 0 Å². The van der Waals surface area contributed by atoms with Gasteiger partial charge in [-0.15, -0.1) is 0 Å². The van der Waals surface area contributed by atoms with E-state index in [9.17, 15) is 5.11 Å².